The molecular weight excluding hydrogens is 358 g/mol. The Labute approximate surface area is 166 Å². The van der Waals surface area contributed by atoms with Crippen molar-refractivity contribution >= 4 is 11.7 Å². The van der Waals surface area contributed by atoms with Crippen LogP contribution in [0.25, 0.3) is 0 Å². The first-order valence-electron chi connectivity index (χ1n) is 9.31. The quantitative estimate of drug-likeness (QED) is 0.720. The lowest BCUT2D eigenvalue weighted by Crippen LogP contribution is -2.26. The van der Waals surface area contributed by atoms with Crippen molar-refractivity contribution in [3.63, 3.8) is 0 Å². The molecule has 1 aromatic rings. The minimum atomic E-state index is -0.724. The van der Waals surface area contributed by atoms with E-state index >= 15 is 0 Å². The number of hydrogen-bond donors (Lipinski definition) is 1. The summed E-state index contributed by atoms with van der Waals surface area (Å²) >= 11 is 0. The van der Waals surface area contributed by atoms with Crippen molar-refractivity contribution in [3.8, 4) is 11.8 Å². The lowest BCUT2D eigenvalue weighted by atomic mass is 9.82. The fraction of sp³-hybridized carbons (Fsp3) is 0.429. The van der Waals surface area contributed by atoms with Crippen molar-refractivity contribution in [2.75, 3.05) is 31.7 Å². The second-order valence-electron chi connectivity index (χ2n) is 6.21. The van der Waals surface area contributed by atoms with Crippen molar-refractivity contribution in [1.29, 1.82) is 5.26 Å². The second-order valence-corrected chi connectivity index (χ2v) is 6.21. The van der Waals surface area contributed by atoms with Gasteiger partial charge >= 0.3 is 5.97 Å². The molecule has 1 atom stereocenters. The molecule has 0 amide bonds. The van der Waals surface area contributed by atoms with Crippen molar-refractivity contribution in [2.45, 2.75) is 33.6 Å². The minimum absolute atomic E-state index is 0.0204. The molecule has 0 fully saturated rings. The fourth-order valence-electron chi connectivity index (χ4n) is 3.39. The van der Waals surface area contributed by atoms with Crippen LogP contribution in [0.15, 0.2) is 41.0 Å². The van der Waals surface area contributed by atoms with Crippen LogP contribution in [-0.4, -0.2) is 32.8 Å². The molecule has 0 aliphatic carbocycles. The fourth-order valence-corrected chi connectivity index (χ4v) is 3.39. The Balaban J connectivity index is 2.67. The Morgan fingerprint density at radius 1 is 1.32 bits per heavy atom. The number of allylic oxidation sites excluding steroid dienone is 2. The molecule has 1 aliphatic rings. The van der Waals surface area contributed by atoms with Gasteiger partial charge in [-0.05, 0) is 33.8 Å². The molecule has 7 nitrogen and oxygen atoms in total. The third-order valence-electron chi connectivity index (χ3n) is 4.76. The monoisotopic (exact) mass is 385 g/mol. The summed E-state index contributed by atoms with van der Waals surface area (Å²) in [7, 11) is 1.56. The average molecular weight is 385 g/mol. The minimum Gasteiger partial charge on any atom is -0.496 e. The number of ether oxygens (including phenoxy) is 3. The maximum atomic E-state index is 12.6. The molecule has 0 radical (unpaired) electrons. The molecule has 28 heavy (non-hydrogen) atoms. The summed E-state index contributed by atoms with van der Waals surface area (Å²) in [5, 5.41) is 9.70. The number of anilines is 1. The van der Waals surface area contributed by atoms with Crippen molar-refractivity contribution in [2.24, 2.45) is 5.73 Å². The van der Waals surface area contributed by atoms with Gasteiger partial charge in [0.25, 0.3) is 0 Å². The summed E-state index contributed by atoms with van der Waals surface area (Å²) in [6, 6.07) is 7.80. The molecular formula is C21H27N3O4. The highest BCUT2D eigenvalue weighted by molar-refractivity contribution is 5.93. The lowest BCUT2D eigenvalue weighted by molar-refractivity contribution is -0.139. The van der Waals surface area contributed by atoms with Crippen LogP contribution in [0.5, 0.6) is 5.75 Å². The van der Waals surface area contributed by atoms with Crippen LogP contribution in [0.1, 0.15) is 39.2 Å². The van der Waals surface area contributed by atoms with E-state index in [-0.39, 0.29) is 23.6 Å². The SMILES string of the molecule is CCOC(=O)C1=C(C)OC(N)=C(C#N)C1c1ccc(N(CC)CC)cc1OC. The number of benzene rings is 1. The zero-order chi connectivity index (χ0) is 20.8. The Bertz CT molecular complexity index is 848. The summed E-state index contributed by atoms with van der Waals surface area (Å²) < 4.78 is 16.3. The summed E-state index contributed by atoms with van der Waals surface area (Å²) in [4.78, 5) is 14.8. The van der Waals surface area contributed by atoms with E-state index in [9.17, 15) is 10.1 Å². The number of nitrogens with two attached hydrogens (primary N) is 1. The molecule has 1 heterocycles. The number of nitriles is 1. The van der Waals surface area contributed by atoms with Crippen molar-refractivity contribution in [3.05, 3.63) is 46.6 Å². The molecule has 0 spiro atoms. The van der Waals surface area contributed by atoms with Gasteiger partial charge in [0.05, 0.1) is 25.2 Å². The van der Waals surface area contributed by atoms with Gasteiger partial charge in [-0.2, -0.15) is 5.26 Å². The van der Waals surface area contributed by atoms with Crippen LogP contribution in [0.3, 0.4) is 0 Å². The Hall–Kier alpha value is -3.14. The Morgan fingerprint density at radius 2 is 2.00 bits per heavy atom. The van der Waals surface area contributed by atoms with Crippen LogP contribution < -0.4 is 15.4 Å². The molecule has 2 N–H and O–H groups in total. The molecule has 1 unspecified atom stereocenters. The highest BCUT2D eigenvalue weighted by Gasteiger charge is 2.37. The van der Waals surface area contributed by atoms with E-state index in [0.29, 0.717) is 17.1 Å². The largest absolute Gasteiger partial charge is 0.496 e. The average Bonchev–Trinajstić information content (AvgIpc) is 2.68. The van der Waals surface area contributed by atoms with Gasteiger partial charge in [0.2, 0.25) is 5.88 Å². The first-order chi connectivity index (χ1) is 13.4. The highest BCUT2D eigenvalue weighted by Crippen LogP contribution is 2.43. The van der Waals surface area contributed by atoms with Crippen LogP contribution in [0.2, 0.25) is 0 Å². The number of methoxy groups -OCH3 is 1. The van der Waals surface area contributed by atoms with Crippen LogP contribution in [-0.2, 0) is 14.3 Å². The first-order valence-corrected chi connectivity index (χ1v) is 9.31. The number of rotatable bonds is 7. The summed E-state index contributed by atoms with van der Waals surface area (Å²) in [5.41, 5.74) is 8.01. The number of hydrogen-bond acceptors (Lipinski definition) is 7. The zero-order valence-corrected chi connectivity index (χ0v) is 17.0. The lowest BCUT2D eigenvalue weighted by Gasteiger charge is -2.29. The normalized spacial score (nSPS) is 16.4. The highest BCUT2D eigenvalue weighted by atomic mass is 16.5. The van der Waals surface area contributed by atoms with E-state index in [2.05, 4.69) is 24.8 Å². The van der Waals surface area contributed by atoms with E-state index < -0.39 is 11.9 Å². The standard InChI is InChI=1S/C21H27N3O4/c1-6-24(7-2)14-9-10-15(17(11-14)26-5)19-16(12-22)20(23)28-13(4)18(19)21(25)27-8-3/h9-11,19H,6-8,23H2,1-5H3. The topological polar surface area (TPSA) is 97.8 Å². The van der Waals surface area contributed by atoms with Gasteiger partial charge in [0.1, 0.15) is 23.2 Å². The van der Waals surface area contributed by atoms with E-state index in [1.807, 2.05) is 18.2 Å². The molecule has 7 heteroatoms. The smallest absolute Gasteiger partial charge is 0.338 e. The Kier molecular flexibility index (Phi) is 6.94. The molecule has 2 rings (SSSR count). The molecule has 0 bridgehead atoms. The van der Waals surface area contributed by atoms with Gasteiger partial charge in [0, 0.05) is 30.4 Å². The maximum Gasteiger partial charge on any atom is 0.338 e. The third kappa shape index (κ3) is 3.91. The van der Waals surface area contributed by atoms with Gasteiger partial charge in [0.15, 0.2) is 0 Å². The molecule has 0 saturated carbocycles. The predicted molar refractivity (Wildman–Crippen MR) is 107 cm³/mol. The van der Waals surface area contributed by atoms with Gasteiger partial charge in [-0.3, -0.25) is 0 Å². The van der Waals surface area contributed by atoms with E-state index in [1.54, 1.807) is 21.0 Å². The number of carbonyl (C=O) groups excluding carboxylic acids is 1. The van der Waals surface area contributed by atoms with Gasteiger partial charge in [-0.25, -0.2) is 4.79 Å². The second kappa shape index (κ2) is 9.18. The van der Waals surface area contributed by atoms with Crippen molar-refractivity contribution in [1.82, 2.24) is 0 Å². The maximum absolute atomic E-state index is 12.6. The first kappa shape index (κ1) is 21.2. The van der Waals surface area contributed by atoms with Crippen molar-refractivity contribution < 1.29 is 19.0 Å². The van der Waals surface area contributed by atoms with Gasteiger partial charge < -0.3 is 24.8 Å². The van der Waals surface area contributed by atoms with Crippen LogP contribution >= 0.6 is 0 Å². The molecule has 1 aromatic carbocycles. The molecule has 1 aliphatic heterocycles. The molecule has 0 aromatic heterocycles. The Morgan fingerprint density at radius 3 is 2.54 bits per heavy atom. The number of carbonyl (C=O) groups is 1. The van der Waals surface area contributed by atoms with Gasteiger partial charge in [-0.1, -0.05) is 6.07 Å². The van der Waals surface area contributed by atoms with E-state index in [1.165, 1.54) is 0 Å². The van der Waals surface area contributed by atoms with Crippen LogP contribution in [0, 0.1) is 11.3 Å². The van der Waals surface area contributed by atoms with Gasteiger partial charge in [-0.15, -0.1) is 0 Å². The van der Waals surface area contributed by atoms with Crippen LogP contribution in [0.4, 0.5) is 5.69 Å². The summed E-state index contributed by atoms with van der Waals surface area (Å²) in [6.45, 7) is 9.41. The van der Waals surface area contributed by atoms with E-state index in [0.717, 1.165) is 18.8 Å². The molecule has 150 valence electrons. The summed E-state index contributed by atoms with van der Waals surface area (Å²) in [5.74, 6) is -0.409. The zero-order valence-electron chi connectivity index (χ0n) is 17.0. The number of esters is 1. The molecule has 0 saturated heterocycles. The third-order valence-corrected chi connectivity index (χ3v) is 4.76. The predicted octanol–water partition coefficient (Wildman–Crippen LogP) is 3.19. The summed E-state index contributed by atoms with van der Waals surface area (Å²) in [6.07, 6.45) is 0. The van der Waals surface area contributed by atoms with E-state index in [4.69, 9.17) is 19.9 Å². The number of nitrogens with zero attached hydrogens (tertiary/aromatic N) is 2.